The summed E-state index contributed by atoms with van der Waals surface area (Å²) < 4.78 is 38.3. The van der Waals surface area contributed by atoms with Crippen molar-refractivity contribution in [1.82, 2.24) is 5.32 Å². The SMILES string of the molecule is CC#CNC1Cc2ccccc2N(c2ccc(C(F)(F)F)cc2)C1. The van der Waals surface area contributed by atoms with E-state index in [4.69, 9.17) is 0 Å². The van der Waals surface area contributed by atoms with E-state index in [0.29, 0.717) is 6.54 Å². The van der Waals surface area contributed by atoms with Crippen molar-refractivity contribution in [3.63, 3.8) is 0 Å². The first kappa shape index (κ1) is 16.3. The number of hydrogen-bond acceptors (Lipinski definition) is 2. The summed E-state index contributed by atoms with van der Waals surface area (Å²) >= 11 is 0. The van der Waals surface area contributed by atoms with Gasteiger partial charge in [0, 0.05) is 24.0 Å². The van der Waals surface area contributed by atoms with Gasteiger partial charge in [0.2, 0.25) is 0 Å². The van der Waals surface area contributed by atoms with Gasteiger partial charge in [-0.15, -0.1) is 0 Å². The molecule has 3 rings (SSSR count). The molecule has 1 N–H and O–H groups in total. The molecule has 1 unspecified atom stereocenters. The van der Waals surface area contributed by atoms with Gasteiger partial charge in [-0.2, -0.15) is 13.2 Å². The number of fused-ring (bicyclic) bond motifs is 1. The Morgan fingerprint density at radius 2 is 1.79 bits per heavy atom. The Hall–Kier alpha value is -2.61. The Kier molecular flexibility index (Phi) is 4.39. The molecular weight excluding hydrogens is 313 g/mol. The molecule has 1 heterocycles. The van der Waals surface area contributed by atoms with Gasteiger partial charge in [-0.1, -0.05) is 24.1 Å². The number of hydrogen-bond donors (Lipinski definition) is 1. The normalized spacial score (nSPS) is 16.8. The summed E-state index contributed by atoms with van der Waals surface area (Å²) in [7, 11) is 0. The third-order valence-corrected chi connectivity index (χ3v) is 4.06. The van der Waals surface area contributed by atoms with E-state index in [1.165, 1.54) is 12.1 Å². The lowest BCUT2D eigenvalue weighted by molar-refractivity contribution is -0.137. The van der Waals surface area contributed by atoms with Gasteiger partial charge >= 0.3 is 6.18 Å². The molecule has 124 valence electrons. The molecule has 0 aromatic heterocycles. The van der Waals surface area contributed by atoms with Gasteiger partial charge in [0.1, 0.15) is 0 Å². The van der Waals surface area contributed by atoms with Crippen molar-refractivity contribution < 1.29 is 13.2 Å². The zero-order valence-electron chi connectivity index (χ0n) is 13.2. The van der Waals surface area contributed by atoms with E-state index in [9.17, 15) is 13.2 Å². The first-order valence-corrected chi connectivity index (χ1v) is 7.69. The molecule has 2 nitrogen and oxygen atoms in total. The van der Waals surface area contributed by atoms with Crippen molar-refractivity contribution in [1.29, 1.82) is 0 Å². The standard InChI is InChI=1S/C19H17F3N2/c1-2-11-23-16-12-14-5-3-4-6-18(14)24(13-16)17-9-7-15(8-10-17)19(20,21)22/h3-10,16,23H,12-13H2,1H3. The summed E-state index contributed by atoms with van der Waals surface area (Å²) in [5.74, 6) is 2.81. The number of anilines is 2. The van der Waals surface area contributed by atoms with Crippen LogP contribution < -0.4 is 10.2 Å². The zero-order valence-corrected chi connectivity index (χ0v) is 13.2. The molecule has 2 aromatic carbocycles. The van der Waals surface area contributed by atoms with E-state index in [2.05, 4.69) is 17.3 Å². The summed E-state index contributed by atoms with van der Waals surface area (Å²) in [6.07, 6.45) is -3.48. The third kappa shape index (κ3) is 3.33. The maximum absolute atomic E-state index is 12.8. The number of nitrogens with zero attached hydrogens (tertiary/aromatic N) is 1. The molecule has 0 saturated heterocycles. The van der Waals surface area contributed by atoms with Crippen LogP contribution in [0.3, 0.4) is 0 Å². The fourth-order valence-electron chi connectivity index (χ4n) is 2.94. The Labute approximate surface area is 139 Å². The van der Waals surface area contributed by atoms with Crippen LogP contribution in [0.25, 0.3) is 0 Å². The summed E-state index contributed by atoms with van der Waals surface area (Å²) in [5.41, 5.74) is 2.29. The Morgan fingerprint density at radius 1 is 1.08 bits per heavy atom. The number of alkyl halides is 3. The second-order valence-electron chi connectivity index (χ2n) is 5.70. The van der Waals surface area contributed by atoms with Crippen LogP contribution in [-0.4, -0.2) is 12.6 Å². The molecule has 0 amide bonds. The van der Waals surface area contributed by atoms with E-state index < -0.39 is 11.7 Å². The van der Waals surface area contributed by atoms with Crippen molar-refractivity contribution in [2.75, 3.05) is 11.4 Å². The van der Waals surface area contributed by atoms with Gasteiger partial charge in [-0.3, -0.25) is 0 Å². The lowest BCUT2D eigenvalue weighted by atomic mass is 9.97. The molecule has 0 radical (unpaired) electrons. The molecule has 0 aliphatic carbocycles. The van der Waals surface area contributed by atoms with Crippen LogP contribution in [0.2, 0.25) is 0 Å². The quantitative estimate of drug-likeness (QED) is 0.651. The van der Waals surface area contributed by atoms with Crippen LogP contribution in [0, 0.1) is 12.0 Å². The Bertz CT molecular complexity index is 770. The molecule has 0 saturated carbocycles. The predicted molar refractivity (Wildman–Crippen MR) is 89.0 cm³/mol. The van der Waals surface area contributed by atoms with E-state index >= 15 is 0 Å². The minimum atomic E-state index is -4.32. The molecule has 1 atom stereocenters. The van der Waals surface area contributed by atoms with Crippen molar-refractivity contribution >= 4 is 11.4 Å². The first-order valence-electron chi connectivity index (χ1n) is 7.69. The molecule has 0 bridgehead atoms. The van der Waals surface area contributed by atoms with E-state index in [0.717, 1.165) is 35.5 Å². The van der Waals surface area contributed by atoms with Crippen LogP contribution in [0.4, 0.5) is 24.5 Å². The molecular formula is C19H17F3N2. The summed E-state index contributed by atoms with van der Waals surface area (Å²) in [5, 5.41) is 3.16. The van der Waals surface area contributed by atoms with Gasteiger partial charge in [0.15, 0.2) is 0 Å². The number of para-hydroxylation sites is 1. The Balaban J connectivity index is 1.94. The van der Waals surface area contributed by atoms with Crippen molar-refractivity contribution in [3.05, 3.63) is 59.7 Å². The van der Waals surface area contributed by atoms with Crippen LogP contribution in [0.15, 0.2) is 48.5 Å². The smallest absolute Gasteiger partial charge is 0.341 e. The zero-order chi connectivity index (χ0) is 17.2. The van der Waals surface area contributed by atoms with Gasteiger partial charge < -0.3 is 10.2 Å². The highest BCUT2D eigenvalue weighted by molar-refractivity contribution is 5.68. The van der Waals surface area contributed by atoms with E-state index in [1.807, 2.05) is 29.2 Å². The Morgan fingerprint density at radius 3 is 2.46 bits per heavy atom. The van der Waals surface area contributed by atoms with Gasteiger partial charge in [0.25, 0.3) is 0 Å². The van der Waals surface area contributed by atoms with E-state index in [1.54, 1.807) is 6.92 Å². The minimum absolute atomic E-state index is 0.120. The average molecular weight is 330 g/mol. The molecule has 0 fully saturated rings. The molecule has 1 aliphatic heterocycles. The second kappa shape index (κ2) is 6.48. The maximum atomic E-state index is 12.8. The van der Waals surface area contributed by atoms with Gasteiger partial charge in [-0.05, 0) is 49.2 Å². The molecule has 1 aliphatic rings. The van der Waals surface area contributed by atoms with Gasteiger partial charge in [0.05, 0.1) is 11.6 Å². The summed E-state index contributed by atoms with van der Waals surface area (Å²) in [6, 6.07) is 16.2. The maximum Gasteiger partial charge on any atom is 0.416 e. The third-order valence-electron chi connectivity index (χ3n) is 4.06. The van der Waals surface area contributed by atoms with E-state index in [-0.39, 0.29) is 6.04 Å². The molecule has 5 heteroatoms. The highest BCUT2D eigenvalue weighted by Crippen LogP contribution is 2.35. The lowest BCUT2D eigenvalue weighted by Crippen LogP contribution is -2.42. The summed E-state index contributed by atoms with van der Waals surface area (Å²) in [4.78, 5) is 2.04. The second-order valence-corrected chi connectivity index (χ2v) is 5.70. The summed E-state index contributed by atoms with van der Waals surface area (Å²) in [6.45, 7) is 2.41. The molecule has 24 heavy (non-hydrogen) atoms. The van der Waals surface area contributed by atoms with Crippen LogP contribution >= 0.6 is 0 Å². The van der Waals surface area contributed by atoms with Crippen LogP contribution in [0.1, 0.15) is 18.1 Å². The number of halogens is 3. The molecule has 0 spiro atoms. The fraction of sp³-hybridized carbons (Fsp3) is 0.263. The largest absolute Gasteiger partial charge is 0.416 e. The van der Waals surface area contributed by atoms with Crippen LogP contribution in [-0.2, 0) is 12.6 Å². The van der Waals surface area contributed by atoms with Gasteiger partial charge in [-0.25, -0.2) is 0 Å². The highest BCUT2D eigenvalue weighted by atomic mass is 19.4. The lowest BCUT2D eigenvalue weighted by Gasteiger charge is -2.36. The van der Waals surface area contributed by atoms with Crippen molar-refractivity contribution in [3.8, 4) is 12.0 Å². The average Bonchev–Trinajstić information content (AvgIpc) is 2.58. The fourth-order valence-corrected chi connectivity index (χ4v) is 2.94. The van der Waals surface area contributed by atoms with Crippen LogP contribution in [0.5, 0.6) is 0 Å². The first-order chi connectivity index (χ1) is 11.5. The predicted octanol–water partition coefficient (Wildman–Crippen LogP) is 4.34. The van der Waals surface area contributed by atoms with Crippen molar-refractivity contribution in [2.24, 2.45) is 0 Å². The number of nitrogens with one attached hydrogen (secondary N) is 1. The number of benzene rings is 2. The topological polar surface area (TPSA) is 15.3 Å². The molecule has 2 aromatic rings. The monoisotopic (exact) mass is 330 g/mol. The highest BCUT2D eigenvalue weighted by Gasteiger charge is 2.31. The minimum Gasteiger partial charge on any atom is -0.341 e. The number of rotatable bonds is 2. The van der Waals surface area contributed by atoms with Crippen molar-refractivity contribution in [2.45, 2.75) is 25.6 Å².